The number of benzene rings is 1. The number of carbonyl (C=O) groups is 1. The van der Waals surface area contributed by atoms with Crippen LogP contribution in [0.1, 0.15) is 23.3 Å². The number of rotatable bonds is 7. The van der Waals surface area contributed by atoms with Crippen molar-refractivity contribution in [3.05, 3.63) is 54.4 Å². The van der Waals surface area contributed by atoms with Crippen LogP contribution in [0.2, 0.25) is 0 Å². The topological polar surface area (TPSA) is 72.5 Å². The first kappa shape index (κ1) is 24.2. The molecule has 6 nitrogen and oxygen atoms in total. The highest BCUT2D eigenvalue weighted by atomic mass is 35.5. The molecule has 1 aromatic heterocycles. The summed E-state index contributed by atoms with van der Waals surface area (Å²) in [5.41, 5.74) is 0.327. The minimum Gasteiger partial charge on any atom is -0.457 e. The van der Waals surface area contributed by atoms with Crippen LogP contribution in [0.3, 0.4) is 0 Å². The normalized spacial score (nSPS) is 14.9. The molecule has 0 atom stereocenters. The summed E-state index contributed by atoms with van der Waals surface area (Å²) in [6.07, 6.45) is 3.54. The fourth-order valence-electron chi connectivity index (χ4n) is 3.22. The highest BCUT2D eigenvalue weighted by Crippen LogP contribution is 2.28. The van der Waals surface area contributed by atoms with Gasteiger partial charge < -0.3 is 20.1 Å². The molecule has 1 fully saturated rings. The van der Waals surface area contributed by atoms with Crippen molar-refractivity contribution in [2.24, 2.45) is 5.41 Å². The molecule has 1 aliphatic heterocycles. The van der Waals surface area contributed by atoms with Gasteiger partial charge in [-0.2, -0.15) is 0 Å². The van der Waals surface area contributed by atoms with E-state index in [1.54, 1.807) is 25.4 Å². The number of hydrogen-bond acceptors (Lipinski definition) is 5. The van der Waals surface area contributed by atoms with E-state index in [9.17, 15) is 4.79 Å². The van der Waals surface area contributed by atoms with E-state index >= 15 is 0 Å². The van der Waals surface area contributed by atoms with E-state index in [2.05, 4.69) is 15.6 Å². The van der Waals surface area contributed by atoms with Gasteiger partial charge in [-0.3, -0.25) is 9.78 Å². The Kier molecular flexibility index (Phi) is 10.2. The number of hydrogen-bond donors (Lipinski definition) is 2. The average molecular weight is 428 g/mol. The summed E-state index contributed by atoms with van der Waals surface area (Å²) in [4.78, 5) is 16.7. The summed E-state index contributed by atoms with van der Waals surface area (Å²) in [5, 5.41) is 6.37. The second kappa shape index (κ2) is 11.9. The van der Waals surface area contributed by atoms with Gasteiger partial charge >= 0.3 is 0 Å². The molecule has 3 rings (SSSR count). The molecule has 0 spiro atoms. The number of amides is 1. The largest absolute Gasteiger partial charge is 0.457 e. The van der Waals surface area contributed by atoms with Crippen molar-refractivity contribution in [1.29, 1.82) is 0 Å². The molecule has 1 saturated heterocycles. The summed E-state index contributed by atoms with van der Waals surface area (Å²) >= 11 is 0. The maximum absolute atomic E-state index is 12.6. The molecular formula is C20H27Cl2N3O3. The minimum absolute atomic E-state index is 0. The predicted molar refractivity (Wildman–Crippen MR) is 114 cm³/mol. The third-order valence-corrected chi connectivity index (χ3v) is 4.68. The van der Waals surface area contributed by atoms with Gasteiger partial charge in [-0.05, 0) is 44.1 Å². The van der Waals surface area contributed by atoms with Gasteiger partial charge in [-0.1, -0.05) is 18.2 Å². The zero-order valence-corrected chi connectivity index (χ0v) is 17.5. The molecule has 28 heavy (non-hydrogen) atoms. The first-order valence-electron chi connectivity index (χ1n) is 8.88. The number of nitrogens with zero attached hydrogens (tertiary/aromatic N) is 1. The SMILES string of the molecule is COCC1(CNC(=O)c2cc(Oc3ccccc3)ccn2)CCNCC1.Cl.Cl. The molecule has 1 amide bonds. The van der Waals surface area contributed by atoms with Crippen molar-refractivity contribution in [2.45, 2.75) is 12.8 Å². The van der Waals surface area contributed by atoms with Crippen LogP contribution in [-0.2, 0) is 4.74 Å². The van der Waals surface area contributed by atoms with Crippen LogP contribution in [0.5, 0.6) is 11.5 Å². The standard InChI is InChI=1S/C20H25N3O3.2ClH/c1-25-15-20(8-11-21-12-9-20)14-23-19(24)18-13-17(7-10-22-18)26-16-5-3-2-4-6-16;;/h2-7,10,13,21H,8-9,11-12,14-15H2,1H3,(H,23,24);2*1H. The fourth-order valence-corrected chi connectivity index (χ4v) is 3.22. The zero-order chi connectivity index (χ0) is 18.2. The lowest BCUT2D eigenvalue weighted by Gasteiger charge is -2.37. The number of piperidine rings is 1. The Morgan fingerprint density at radius 1 is 1.14 bits per heavy atom. The zero-order valence-electron chi connectivity index (χ0n) is 15.8. The molecule has 154 valence electrons. The fraction of sp³-hybridized carbons (Fsp3) is 0.400. The van der Waals surface area contributed by atoms with Gasteiger partial charge in [0.1, 0.15) is 17.2 Å². The number of aromatic nitrogens is 1. The van der Waals surface area contributed by atoms with Crippen molar-refractivity contribution in [3.63, 3.8) is 0 Å². The first-order valence-corrected chi connectivity index (χ1v) is 8.88. The van der Waals surface area contributed by atoms with Gasteiger partial charge in [-0.15, -0.1) is 24.8 Å². The van der Waals surface area contributed by atoms with E-state index in [1.165, 1.54) is 0 Å². The maximum Gasteiger partial charge on any atom is 0.270 e. The van der Waals surface area contributed by atoms with Crippen LogP contribution in [-0.4, -0.2) is 44.2 Å². The van der Waals surface area contributed by atoms with Gasteiger partial charge in [-0.25, -0.2) is 0 Å². The van der Waals surface area contributed by atoms with Gasteiger partial charge in [0.25, 0.3) is 5.91 Å². The molecular weight excluding hydrogens is 401 g/mol. The molecule has 2 aromatic rings. The summed E-state index contributed by atoms with van der Waals surface area (Å²) in [6, 6.07) is 12.9. The van der Waals surface area contributed by atoms with Crippen LogP contribution in [0.15, 0.2) is 48.7 Å². The van der Waals surface area contributed by atoms with Crippen molar-refractivity contribution in [1.82, 2.24) is 15.6 Å². The first-order chi connectivity index (χ1) is 12.7. The highest BCUT2D eigenvalue weighted by molar-refractivity contribution is 5.92. The third-order valence-electron chi connectivity index (χ3n) is 4.68. The predicted octanol–water partition coefficient (Wildman–Crippen LogP) is 3.46. The highest BCUT2D eigenvalue weighted by Gasteiger charge is 2.32. The molecule has 0 unspecified atom stereocenters. The summed E-state index contributed by atoms with van der Waals surface area (Å²) in [5.74, 6) is 1.11. The van der Waals surface area contributed by atoms with Gasteiger partial charge in [0, 0.05) is 31.3 Å². The molecule has 2 N–H and O–H groups in total. The van der Waals surface area contributed by atoms with E-state index in [0.717, 1.165) is 31.7 Å². The van der Waals surface area contributed by atoms with Crippen molar-refractivity contribution in [2.75, 3.05) is 33.4 Å². The summed E-state index contributed by atoms with van der Waals surface area (Å²) < 4.78 is 11.2. The lowest BCUT2D eigenvalue weighted by Crippen LogP contribution is -2.47. The Morgan fingerprint density at radius 3 is 2.54 bits per heavy atom. The van der Waals surface area contributed by atoms with Gasteiger partial charge in [0.15, 0.2) is 0 Å². The Balaban J connectivity index is 0.00000196. The van der Waals surface area contributed by atoms with Crippen LogP contribution >= 0.6 is 24.8 Å². The third kappa shape index (κ3) is 6.63. The van der Waals surface area contributed by atoms with Crippen LogP contribution < -0.4 is 15.4 Å². The molecule has 1 aliphatic rings. The molecule has 0 bridgehead atoms. The lowest BCUT2D eigenvalue weighted by atomic mass is 9.79. The molecule has 0 saturated carbocycles. The lowest BCUT2D eigenvalue weighted by molar-refractivity contribution is 0.0510. The maximum atomic E-state index is 12.6. The van der Waals surface area contributed by atoms with Crippen LogP contribution in [0.25, 0.3) is 0 Å². The number of pyridine rings is 1. The number of ether oxygens (including phenoxy) is 2. The van der Waals surface area contributed by atoms with Crippen molar-refractivity contribution >= 4 is 30.7 Å². The van der Waals surface area contributed by atoms with Crippen molar-refractivity contribution < 1.29 is 14.3 Å². The molecule has 1 aromatic carbocycles. The number of halogens is 2. The molecule has 2 heterocycles. The summed E-state index contributed by atoms with van der Waals surface area (Å²) in [6.45, 7) is 3.10. The second-order valence-corrected chi connectivity index (χ2v) is 6.66. The molecule has 0 radical (unpaired) electrons. The average Bonchev–Trinajstić information content (AvgIpc) is 2.68. The van der Waals surface area contributed by atoms with Gasteiger partial charge in [0.2, 0.25) is 0 Å². The smallest absolute Gasteiger partial charge is 0.270 e. The minimum atomic E-state index is -0.197. The van der Waals surface area contributed by atoms with E-state index in [1.807, 2.05) is 30.3 Å². The number of para-hydroxylation sites is 1. The van der Waals surface area contributed by atoms with Crippen LogP contribution in [0.4, 0.5) is 0 Å². The molecule has 8 heteroatoms. The van der Waals surface area contributed by atoms with E-state index < -0.39 is 0 Å². The van der Waals surface area contributed by atoms with Gasteiger partial charge in [0.05, 0.1) is 6.61 Å². The monoisotopic (exact) mass is 427 g/mol. The second-order valence-electron chi connectivity index (χ2n) is 6.66. The van der Waals surface area contributed by atoms with Crippen LogP contribution in [0, 0.1) is 5.41 Å². The molecule has 0 aliphatic carbocycles. The van der Waals surface area contributed by atoms with E-state index in [-0.39, 0.29) is 36.1 Å². The van der Waals surface area contributed by atoms with Crippen molar-refractivity contribution in [3.8, 4) is 11.5 Å². The summed E-state index contributed by atoms with van der Waals surface area (Å²) in [7, 11) is 1.71. The van der Waals surface area contributed by atoms with E-state index in [0.29, 0.717) is 24.6 Å². The number of methoxy groups -OCH3 is 1. The Bertz CT molecular complexity index is 720. The van der Waals surface area contributed by atoms with E-state index in [4.69, 9.17) is 9.47 Å². The Morgan fingerprint density at radius 2 is 1.86 bits per heavy atom. The quantitative estimate of drug-likeness (QED) is 0.707. The Hall–Kier alpha value is -1.86. The number of nitrogens with one attached hydrogen (secondary N) is 2. The number of carbonyl (C=O) groups excluding carboxylic acids is 1. The Labute approximate surface area is 178 Å².